The molecule has 16 heavy (non-hydrogen) atoms. The highest BCUT2D eigenvalue weighted by molar-refractivity contribution is 7.99. The van der Waals surface area contributed by atoms with Crippen LogP contribution in [-0.4, -0.2) is 18.0 Å². The van der Waals surface area contributed by atoms with E-state index in [-0.39, 0.29) is 0 Å². The van der Waals surface area contributed by atoms with Crippen molar-refractivity contribution in [3.05, 3.63) is 23.8 Å². The second-order valence-corrected chi connectivity index (χ2v) is 4.89. The lowest BCUT2D eigenvalue weighted by Gasteiger charge is -2.15. The summed E-state index contributed by atoms with van der Waals surface area (Å²) in [5.41, 5.74) is 0.908. The summed E-state index contributed by atoms with van der Waals surface area (Å²) in [6.07, 6.45) is 1.91. The van der Waals surface area contributed by atoms with Crippen LogP contribution in [0.25, 0.3) is 0 Å². The smallest absolute Gasteiger partial charge is 0.125 e. The van der Waals surface area contributed by atoms with Crippen molar-refractivity contribution in [3.63, 3.8) is 0 Å². The SMILES string of the molecule is CCCCSc1cccc(OC)c1C(C)O. The zero-order valence-electron chi connectivity index (χ0n) is 10.2. The van der Waals surface area contributed by atoms with Crippen LogP contribution in [0.4, 0.5) is 0 Å². The molecule has 0 bridgehead atoms. The van der Waals surface area contributed by atoms with Crippen LogP contribution in [0.15, 0.2) is 23.1 Å². The molecule has 0 aliphatic carbocycles. The summed E-state index contributed by atoms with van der Waals surface area (Å²) in [5.74, 6) is 1.86. The molecule has 0 saturated carbocycles. The van der Waals surface area contributed by atoms with E-state index in [1.165, 1.54) is 12.8 Å². The monoisotopic (exact) mass is 240 g/mol. The molecule has 3 heteroatoms. The molecular weight excluding hydrogens is 220 g/mol. The van der Waals surface area contributed by atoms with Crippen molar-refractivity contribution in [2.45, 2.75) is 37.7 Å². The van der Waals surface area contributed by atoms with Crippen LogP contribution in [0.3, 0.4) is 0 Å². The number of hydrogen-bond acceptors (Lipinski definition) is 3. The van der Waals surface area contributed by atoms with Gasteiger partial charge in [0.05, 0.1) is 13.2 Å². The highest BCUT2D eigenvalue weighted by Gasteiger charge is 2.13. The molecule has 1 unspecified atom stereocenters. The van der Waals surface area contributed by atoms with Gasteiger partial charge < -0.3 is 9.84 Å². The van der Waals surface area contributed by atoms with Gasteiger partial charge in [0.25, 0.3) is 0 Å². The van der Waals surface area contributed by atoms with Gasteiger partial charge in [-0.3, -0.25) is 0 Å². The van der Waals surface area contributed by atoms with Crippen molar-refractivity contribution in [2.75, 3.05) is 12.9 Å². The van der Waals surface area contributed by atoms with Gasteiger partial charge in [0.15, 0.2) is 0 Å². The summed E-state index contributed by atoms with van der Waals surface area (Å²) in [6.45, 7) is 3.96. The van der Waals surface area contributed by atoms with Gasteiger partial charge in [0.2, 0.25) is 0 Å². The summed E-state index contributed by atoms with van der Waals surface area (Å²) < 4.78 is 5.28. The molecule has 0 fully saturated rings. The summed E-state index contributed by atoms with van der Waals surface area (Å²) in [5, 5.41) is 9.78. The number of aliphatic hydroxyl groups is 1. The van der Waals surface area contributed by atoms with Crippen molar-refractivity contribution in [2.24, 2.45) is 0 Å². The standard InChI is InChI=1S/C13H20O2S/c1-4-5-9-16-12-8-6-7-11(15-3)13(12)10(2)14/h6-8,10,14H,4-5,9H2,1-3H3. The Labute approximate surface area is 102 Å². The van der Waals surface area contributed by atoms with Gasteiger partial charge in [-0.1, -0.05) is 19.4 Å². The van der Waals surface area contributed by atoms with E-state index in [1.807, 2.05) is 18.2 Å². The van der Waals surface area contributed by atoms with Crippen LogP contribution in [0.1, 0.15) is 38.4 Å². The normalized spacial score (nSPS) is 12.5. The quantitative estimate of drug-likeness (QED) is 0.608. The van der Waals surface area contributed by atoms with E-state index >= 15 is 0 Å². The Morgan fingerprint density at radius 2 is 2.19 bits per heavy atom. The summed E-state index contributed by atoms with van der Waals surface area (Å²) in [7, 11) is 1.64. The predicted octanol–water partition coefficient (Wildman–Crippen LogP) is 3.64. The van der Waals surface area contributed by atoms with E-state index in [4.69, 9.17) is 4.74 Å². The van der Waals surface area contributed by atoms with E-state index in [1.54, 1.807) is 25.8 Å². The molecular formula is C13H20O2S. The number of rotatable bonds is 6. The fourth-order valence-corrected chi connectivity index (χ4v) is 2.82. The van der Waals surface area contributed by atoms with Gasteiger partial charge in [0.1, 0.15) is 5.75 Å². The van der Waals surface area contributed by atoms with Crippen molar-refractivity contribution >= 4 is 11.8 Å². The molecule has 2 nitrogen and oxygen atoms in total. The molecule has 0 heterocycles. The molecule has 0 saturated heterocycles. The van der Waals surface area contributed by atoms with E-state index in [0.717, 1.165) is 22.0 Å². The average Bonchev–Trinajstić information content (AvgIpc) is 2.28. The largest absolute Gasteiger partial charge is 0.496 e. The Hall–Kier alpha value is -0.670. The summed E-state index contributed by atoms with van der Waals surface area (Å²) in [4.78, 5) is 1.13. The van der Waals surface area contributed by atoms with Crippen molar-refractivity contribution < 1.29 is 9.84 Å². The number of hydrogen-bond donors (Lipinski definition) is 1. The molecule has 1 aromatic rings. The second kappa shape index (κ2) is 6.81. The van der Waals surface area contributed by atoms with Crippen molar-refractivity contribution in [1.29, 1.82) is 0 Å². The molecule has 1 rings (SSSR count). The Morgan fingerprint density at radius 3 is 2.75 bits per heavy atom. The third-order valence-electron chi connectivity index (χ3n) is 2.42. The van der Waals surface area contributed by atoms with Gasteiger partial charge in [-0.2, -0.15) is 0 Å². The minimum Gasteiger partial charge on any atom is -0.496 e. The first-order valence-electron chi connectivity index (χ1n) is 5.68. The lowest BCUT2D eigenvalue weighted by Crippen LogP contribution is -1.99. The van der Waals surface area contributed by atoms with Crippen LogP contribution in [0.2, 0.25) is 0 Å². The molecule has 0 spiro atoms. The van der Waals surface area contributed by atoms with Gasteiger partial charge in [0, 0.05) is 10.5 Å². The predicted molar refractivity (Wildman–Crippen MR) is 69.3 cm³/mol. The molecule has 90 valence electrons. The number of aliphatic hydroxyl groups excluding tert-OH is 1. The lowest BCUT2D eigenvalue weighted by atomic mass is 10.1. The van der Waals surface area contributed by atoms with Crippen LogP contribution in [-0.2, 0) is 0 Å². The summed E-state index contributed by atoms with van der Waals surface area (Å²) in [6, 6.07) is 5.91. The second-order valence-electron chi connectivity index (χ2n) is 3.75. The molecule has 0 aliphatic rings. The zero-order valence-corrected chi connectivity index (χ0v) is 11.0. The fraction of sp³-hybridized carbons (Fsp3) is 0.538. The van der Waals surface area contributed by atoms with Gasteiger partial charge >= 0.3 is 0 Å². The molecule has 1 aromatic carbocycles. The van der Waals surface area contributed by atoms with E-state index in [9.17, 15) is 5.11 Å². The van der Waals surface area contributed by atoms with Gasteiger partial charge in [-0.05, 0) is 31.2 Å². The number of benzene rings is 1. The van der Waals surface area contributed by atoms with Crippen LogP contribution < -0.4 is 4.74 Å². The maximum absolute atomic E-state index is 9.78. The molecule has 0 aliphatic heterocycles. The first kappa shape index (κ1) is 13.4. The Balaban J connectivity index is 2.89. The maximum Gasteiger partial charge on any atom is 0.125 e. The molecule has 1 N–H and O–H groups in total. The number of unbranched alkanes of at least 4 members (excludes halogenated alkanes) is 1. The highest BCUT2D eigenvalue weighted by atomic mass is 32.2. The average molecular weight is 240 g/mol. The first-order chi connectivity index (χ1) is 7.70. The lowest BCUT2D eigenvalue weighted by molar-refractivity contribution is 0.191. The third kappa shape index (κ3) is 3.42. The van der Waals surface area contributed by atoms with E-state index < -0.39 is 6.10 Å². The van der Waals surface area contributed by atoms with Crippen LogP contribution >= 0.6 is 11.8 Å². The minimum atomic E-state index is -0.486. The molecule has 0 amide bonds. The Kier molecular flexibility index (Phi) is 5.71. The van der Waals surface area contributed by atoms with E-state index in [0.29, 0.717) is 0 Å². The van der Waals surface area contributed by atoms with Crippen LogP contribution in [0, 0.1) is 0 Å². The topological polar surface area (TPSA) is 29.5 Å². The van der Waals surface area contributed by atoms with Gasteiger partial charge in [-0.25, -0.2) is 0 Å². The van der Waals surface area contributed by atoms with Gasteiger partial charge in [-0.15, -0.1) is 11.8 Å². The van der Waals surface area contributed by atoms with Crippen molar-refractivity contribution in [1.82, 2.24) is 0 Å². The van der Waals surface area contributed by atoms with E-state index in [2.05, 4.69) is 6.92 Å². The number of ether oxygens (including phenoxy) is 1. The molecule has 0 aromatic heterocycles. The summed E-state index contributed by atoms with van der Waals surface area (Å²) >= 11 is 1.79. The minimum absolute atomic E-state index is 0.486. The fourth-order valence-electron chi connectivity index (χ4n) is 1.57. The van der Waals surface area contributed by atoms with Crippen LogP contribution in [0.5, 0.6) is 5.75 Å². The maximum atomic E-state index is 9.78. The number of methoxy groups -OCH3 is 1. The Morgan fingerprint density at radius 1 is 1.44 bits per heavy atom. The third-order valence-corrected chi connectivity index (χ3v) is 3.58. The molecule has 1 atom stereocenters. The Bertz CT molecular complexity index is 324. The molecule has 0 radical (unpaired) electrons. The highest BCUT2D eigenvalue weighted by Crippen LogP contribution is 2.35. The number of thioether (sulfide) groups is 1. The zero-order chi connectivity index (χ0) is 12.0. The van der Waals surface area contributed by atoms with Crippen molar-refractivity contribution in [3.8, 4) is 5.75 Å². The first-order valence-corrected chi connectivity index (χ1v) is 6.67.